The largest absolute Gasteiger partial charge is 0.298 e. The molecule has 1 saturated carbocycles. The summed E-state index contributed by atoms with van der Waals surface area (Å²) < 4.78 is 22.1. The molecular weight excluding hydrogens is 226 g/mol. The van der Waals surface area contributed by atoms with Crippen molar-refractivity contribution in [3.8, 4) is 0 Å². The van der Waals surface area contributed by atoms with Gasteiger partial charge in [0.25, 0.3) is 0 Å². The zero-order chi connectivity index (χ0) is 12.4. The van der Waals surface area contributed by atoms with Gasteiger partial charge in [-0.3, -0.25) is 9.69 Å². The fourth-order valence-electron chi connectivity index (χ4n) is 2.45. The summed E-state index contributed by atoms with van der Waals surface area (Å²) in [5, 5.41) is 0. The van der Waals surface area contributed by atoms with E-state index in [1.54, 1.807) is 0 Å². The lowest BCUT2D eigenvalue weighted by molar-refractivity contribution is -0.129. The van der Waals surface area contributed by atoms with E-state index in [9.17, 15) is 13.2 Å². The molecule has 1 fully saturated rings. The van der Waals surface area contributed by atoms with Gasteiger partial charge in [0, 0.05) is 12.7 Å². The quantitative estimate of drug-likeness (QED) is 0.723. The van der Waals surface area contributed by atoms with E-state index in [0.717, 1.165) is 25.7 Å². The molecule has 0 aromatic carbocycles. The number of sulfone groups is 1. The Bertz CT molecular complexity index is 353. The number of carbonyl (C=O) groups is 1. The first kappa shape index (κ1) is 13.6. The Morgan fingerprint density at radius 2 is 1.75 bits per heavy atom. The fourth-order valence-corrected chi connectivity index (χ4v) is 3.00. The number of ketones is 1. The third kappa shape index (κ3) is 3.04. The Hall–Kier alpha value is -0.420. The standard InChI is InChI=1S/C11H21NO3S/c1-12(2)11(7-4-5-8-11)10(13)6-9-16(3,14)15/h4-9H2,1-3H3. The number of nitrogens with zero attached hydrogens (tertiary/aromatic N) is 1. The first-order chi connectivity index (χ1) is 7.28. The van der Waals surface area contributed by atoms with Gasteiger partial charge in [0.1, 0.15) is 9.84 Å². The summed E-state index contributed by atoms with van der Waals surface area (Å²) in [5.74, 6) is 0.0574. The molecule has 1 aliphatic carbocycles. The third-order valence-electron chi connectivity index (χ3n) is 3.51. The van der Waals surface area contributed by atoms with E-state index in [-0.39, 0.29) is 18.0 Å². The molecule has 16 heavy (non-hydrogen) atoms. The van der Waals surface area contributed by atoms with Gasteiger partial charge in [0.15, 0.2) is 5.78 Å². The van der Waals surface area contributed by atoms with Crippen molar-refractivity contribution in [3.63, 3.8) is 0 Å². The number of likely N-dealkylation sites (N-methyl/N-ethyl adjacent to an activating group) is 1. The first-order valence-electron chi connectivity index (χ1n) is 5.66. The molecule has 0 aliphatic heterocycles. The van der Waals surface area contributed by atoms with Crippen molar-refractivity contribution in [2.45, 2.75) is 37.6 Å². The molecule has 0 saturated heterocycles. The van der Waals surface area contributed by atoms with Gasteiger partial charge in [-0.1, -0.05) is 12.8 Å². The highest BCUT2D eigenvalue weighted by molar-refractivity contribution is 7.90. The number of hydrogen-bond donors (Lipinski definition) is 0. The van der Waals surface area contributed by atoms with Crippen LogP contribution in [0.1, 0.15) is 32.1 Å². The maximum Gasteiger partial charge on any atom is 0.154 e. The van der Waals surface area contributed by atoms with Gasteiger partial charge in [-0.25, -0.2) is 8.42 Å². The maximum absolute atomic E-state index is 12.1. The van der Waals surface area contributed by atoms with Crippen LogP contribution in [0.3, 0.4) is 0 Å². The topological polar surface area (TPSA) is 54.5 Å². The smallest absolute Gasteiger partial charge is 0.154 e. The minimum Gasteiger partial charge on any atom is -0.298 e. The minimum atomic E-state index is -3.04. The van der Waals surface area contributed by atoms with Crippen molar-refractivity contribution in [1.29, 1.82) is 0 Å². The van der Waals surface area contributed by atoms with E-state index in [1.807, 2.05) is 19.0 Å². The molecule has 5 heteroatoms. The van der Waals surface area contributed by atoms with E-state index in [4.69, 9.17) is 0 Å². The predicted molar refractivity (Wildman–Crippen MR) is 64.2 cm³/mol. The Morgan fingerprint density at radius 1 is 1.25 bits per heavy atom. The summed E-state index contributed by atoms with van der Waals surface area (Å²) in [4.78, 5) is 14.1. The molecule has 0 heterocycles. The fraction of sp³-hybridized carbons (Fsp3) is 0.909. The third-order valence-corrected chi connectivity index (χ3v) is 4.45. The summed E-state index contributed by atoms with van der Waals surface area (Å²) in [7, 11) is 0.772. The van der Waals surface area contributed by atoms with Gasteiger partial charge in [0.2, 0.25) is 0 Å². The van der Waals surface area contributed by atoms with E-state index >= 15 is 0 Å². The molecule has 1 rings (SSSR count). The van der Waals surface area contributed by atoms with Crippen LogP contribution < -0.4 is 0 Å². The second-order valence-electron chi connectivity index (χ2n) is 4.94. The van der Waals surface area contributed by atoms with Crippen molar-refractivity contribution in [3.05, 3.63) is 0 Å². The summed E-state index contributed by atoms with van der Waals surface area (Å²) >= 11 is 0. The lowest BCUT2D eigenvalue weighted by Crippen LogP contribution is -2.49. The Balaban J connectivity index is 2.70. The molecule has 0 bridgehead atoms. The van der Waals surface area contributed by atoms with Gasteiger partial charge < -0.3 is 0 Å². The molecule has 94 valence electrons. The molecular formula is C11H21NO3S. The zero-order valence-corrected chi connectivity index (χ0v) is 11.1. The molecule has 1 aliphatic rings. The van der Waals surface area contributed by atoms with E-state index < -0.39 is 15.4 Å². The molecule has 0 spiro atoms. The van der Waals surface area contributed by atoms with Crippen LogP contribution in [0.4, 0.5) is 0 Å². The Kier molecular flexibility index (Phi) is 4.12. The van der Waals surface area contributed by atoms with Crippen molar-refractivity contribution in [1.82, 2.24) is 4.90 Å². The highest BCUT2D eigenvalue weighted by Crippen LogP contribution is 2.35. The van der Waals surface area contributed by atoms with Gasteiger partial charge in [0.05, 0.1) is 11.3 Å². The summed E-state index contributed by atoms with van der Waals surface area (Å²) in [6, 6.07) is 0. The number of hydrogen-bond acceptors (Lipinski definition) is 4. The summed E-state index contributed by atoms with van der Waals surface area (Å²) in [5.41, 5.74) is -0.398. The second-order valence-corrected chi connectivity index (χ2v) is 7.20. The monoisotopic (exact) mass is 247 g/mol. The predicted octanol–water partition coefficient (Wildman–Crippen LogP) is 0.865. The molecule has 0 aromatic rings. The molecule has 0 amide bonds. The number of carbonyl (C=O) groups excluding carboxylic acids is 1. The van der Waals surface area contributed by atoms with E-state index in [0.29, 0.717) is 0 Å². The van der Waals surface area contributed by atoms with Crippen molar-refractivity contribution >= 4 is 15.6 Å². The van der Waals surface area contributed by atoms with Gasteiger partial charge in [-0.15, -0.1) is 0 Å². The van der Waals surface area contributed by atoms with Crippen LogP contribution in [0.15, 0.2) is 0 Å². The number of rotatable bonds is 5. The van der Waals surface area contributed by atoms with Gasteiger partial charge >= 0.3 is 0 Å². The van der Waals surface area contributed by atoms with Gasteiger partial charge in [-0.2, -0.15) is 0 Å². The van der Waals surface area contributed by atoms with Crippen molar-refractivity contribution in [2.75, 3.05) is 26.1 Å². The summed E-state index contributed by atoms with van der Waals surface area (Å²) in [6.45, 7) is 0. The molecule has 0 aromatic heterocycles. The molecule has 0 N–H and O–H groups in total. The highest BCUT2D eigenvalue weighted by atomic mass is 32.2. The highest BCUT2D eigenvalue weighted by Gasteiger charge is 2.42. The van der Waals surface area contributed by atoms with Crippen LogP contribution >= 0.6 is 0 Å². The normalized spacial score (nSPS) is 20.2. The van der Waals surface area contributed by atoms with Crippen LogP contribution in [-0.4, -0.2) is 50.7 Å². The Labute approximate surface area is 97.9 Å². The average Bonchev–Trinajstić information content (AvgIpc) is 2.62. The van der Waals surface area contributed by atoms with Crippen LogP contribution in [0.25, 0.3) is 0 Å². The van der Waals surface area contributed by atoms with Gasteiger partial charge in [-0.05, 0) is 26.9 Å². The Morgan fingerprint density at radius 3 is 2.12 bits per heavy atom. The minimum absolute atomic E-state index is 0.0264. The van der Waals surface area contributed by atoms with E-state index in [1.165, 1.54) is 6.26 Å². The van der Waals surface area contributed by atoms with Crippen LogP contribution in [0, 0.1) is 0 Å². The second kappa shape index (κ2) is 4.84. The first-order valence-corrected chi connectivity index (χ1v) is 7.72. The van der Waals surface area contributed by atoms with Crippen LogP contribution in [-0.2, 0) is 14.6 Å². The van der Waals surface area contributed by atoms with Crippen molar-refractivity contribution in [2.24, 2.45) is 0 Å². The van der Waals surface area contributed by atoms with Crippen LogP contribution in [0.2, 0.25) is 0 Å². The zero-order valence-electron chi connectivity index (χ0n) is 10.3. The maximum atomic E-state index is 12.1. The van der Waals surface area contributed by atoms with Crippen LogP contribution in [0.5, 0.6) is 0 Å². The number of Topliss-reactive ketones (excluding diaryl/α,β-unsaturated/α-hetero) is 1. The molecule has 4 nitrogen and oxygen atoms in total. The molecule has 0 atom stereocenters. The SMILES string of the molecule is CN(C)C1(C(=O)CCS(C)(=O)=O)CCCC1. The summed E-state index contributed by atoms with van der Waals surface area (Å²) in [6.07, 6.45) is 5.17. The molecule has 0 radical (unpaired) electrons. The lowest BCUT2D eigenvalue weighted by atomic mass is 9.89. The van der Waals surface area contributed by atoms with E-state index in [2.05, 4.69) is 0 Å². The molecule has 0 unspecified atom stereocenters. The lowest BCUT2D eigenvalue weighted by Gasteiger charge is -2.34. The average molecular weight is 247 g/mol. The van der Waals surface area contributed by atoms with Crippen molar-refractivity contribution < 1.29 is 13.2 Å².